The Balaban J connectivity index is 2.23. The Bertz CT molecular complexity index is 856. The molecule has 3 rings (SSSR count). The Labute approximate surface area is 124 Å². The summed E-state index contributed by atoms with van der Waals surface area (Å²) in [6.45, 7) is 0. The second kappa shape index (κ2) is 5.26. The second-order valence-electron chi connectivity index (χ2n) is 4.82. The van der Waals surface area contributed by atoms with Gasteiger partial charge in [0.1, 0.15) is 0 Å². The number of carbonyl (C=O) groups is 1. The minimum Gasteiger partial charge on any atom is -0.298 e. The SMILES string of the molecule is O=Cc1cc2ccccc2nc1-c1cccc(C(F)(F)F)c1. The van der Waals surface area contributed by atoms with Crippen molar-refractivity contribution in [3.05, 3.63) is 65.7 Å². The summed E-state index contributed by atoms with van der Waals surface area (Å²) in [5.74, 6) is 0. The van der Waals surface area contributed by atoms with Crippen molar-refractivity contribution >= 4 is 17.2 Å². The molecule has 0 saturated heterocycles. The van der Waals surface area contributed by atoms with Crippen LogP contribution < -0.4 is 0 Å². The molecule has 3 aromatic rings. The lowest BCUT2D eigenvalue weighted by atomic mass is 10.0. The molecule has 0 aliphatic rings. The number of alkyl halides is 3. The largest absolute Gasteiger partial charge is 0.416 e. The van der Waals surface area contributed by atoms with Gasteiger partial charge in [-0.25, -0.2) is 4.98 Å². The van der Waals surface area contributed by atoms with Crippen LogP contribution in [0.4, 0.5) is 13.2 Å². The number of aromatic nitrogens is 1. The summed E-state index contributed by atoms with van der Waals surface area (Å²) < 4.78 is 38.5. The van der Waals surface area contributed by atoms with E-state index in [4.69, 9.17) is 0 Å². The van der Waals surface area contributed by atoms with Gasteiger partial charge in [0.25, 0.3) is 0 Å². The van der Waals surface area contributed by atoms with Gasteiger partial charge in [0.2, 0.25) is 0 Å². The number of rotatable bonds is 2. The monoisotopic (exact) mass is 301 g/mol. The molecule has 1 heterocycles. The van der Waals surface area contributed by atoms with E-state index in [2.05, 4.69) is 4.98 Å². The first kappa shape index (κ1) is 14.3. The predicted molar refractivity (Wildman–Crippen MR) is 77.6 cm³/mol. The summed E-state index contributed by atoms with van der Waals surface area (Å²) in [6.07, 6.45) is -3.83. The van der Waals surface area contributed by atoms with E-state index in [0.717, 1.165) is 17.5 Å². The lowest BCUT2D eigenvalue weighted by Crippen LogP contribution is -2.05. The van der Waals surface area contributed by atoms with Crippen molar-refractivity contribution in [2.75, 3.05) is 0 Å². The lowest BCUT2D eigenvalue weighted by molar-refractivity contribution is -0.137. The van der Waals surface area contributed by atoms with E-state index in [1.807, 2.05) is 6.07 Å². The maximum atomic E-state index is 12.8. The van der Waals surface area contributed by atoms with E-state index in [1.54, 1.807) is 24.3 Å². The van der Waals surface area contributed by atoms with Crippen molar-refractivity contribution in [3.8, 4) is 11.3 Å². The molecule has 0 amide bonds. The van der Waals surface area contributed by atoms with Crippen LogP contribution in [0.5, 0.6) is 0 Å². The number of carbonyl (C=O) groups excluding carboxylic acids is 1. The maximum Gasteiger partial charge on any atom is 0.416 e. The molecule has 0 saturated carbocycles. The molecule has 2 aromatic carbocycles. The number of hydrogen-bond donors (Lipinski definition) is 0. The van der Waals surface area contributed by atoms with E-state index in [-0.39, 0.29) is 16.8 Å². The minimum atomic E-state index is -4.44. The highest BCUT2D eigenvalue weighted by atomic mass is 19.4. The van der Waals surface area contributed by atoms with Gasteiger partial charge in [-0.3, -0.25) is 4.79 Å². The van der Waals surface area contributed by atoms with Crippen LogP contribution in [0.1, 0.15) is 15.9 Å². The third kappa shape index (κ3) is 2.57. The van der Waals surface area contributed by atoms with Crippen LogP contribution in [0.3, 0.4) is 0 Å². The van der Waals surface area contributed by atoms with Gasteiger partial charge < -0.3 is 0 Å². The molecule has 0 fully saturated rings. The Hall–Kier alpha value is -2.69. The molecule has 1 aromatic heterocycles. The average molecular weight is 301 g/mol. The molecule has 0 spiro atoms. The van der Waals surface area contributed by atoms with E-state index < -0.39 is 11.7 Å². The number of para-hydroxylation sites is 1. The zero-order chi connectivity index (χ0) is 15.7. The van der Waals surface area contributed by atoms with E-state index in [9.17, 15) is 18.0 Å². The predicted octanol–water partition coefficient (Wildman–Crippen LogP) is 4.73. The summed E-state index contributed by atoms with van der Waals surface area (Å²) >= 11 is 0. The molecule has 110 valence electrons. The fourth-order valence-electron chi connectivity index (χ4n) is 2.30. The third-order valence-corrected chi connectivity index (χ3v) is 3.34. The van der Waals surface area contributed by atoms with Crippen LogP contribution in [0.2, 0.25) is 0 Å². The number of pyridine rings is 1. The minimum absolute atomic E-state index is 0.250. The molecule has 0 unspecified atom stereocenters. The van der Waals surface area contributed by atoms with Crippen molar-refractivity contribution < 1.29 is 18.0 Å². The van der Waals surface area contributed by atoms with Gasteiger partial charge in [0.05, 0.1) is 16.8 Å². The fraction of sp³-hybridized carbons (Fsp3) is 0.0588. The standard InChI is InChI=1S/C17H10F3NO/c18-17(19,20)14-6-3-5-12(9-14)16-13(10-22)8-11-4-1-2-7-15(11)21-16/h1-10H. The fourth-order valence-corrected chi connectivity index (χ4v) is 2.30. The molecule has 0 radical (unpaired) electrons. The number of hydrogen-bond acceptors (Lipinski definition) is 2. The molecular formula is C17H10F3NO. The zero-order valence-corrected chi connectivity index (χ0v) is 11.3. The van der Waals surface area contributed by atoms with Gasteiger partial charge in [0, 0.05) is 16.5 Å². The number of aldehydes is 1. The molecule has 0 bridgehead atoms. The highest BCUT2D eigenvalue weighted by Crippen LogP contribution is 2.33. The van der Waals surface area contributed by atoms with Crippen LogP contribution in [0.25, 0.3) is 22.2 Å². The average Bonchev–Trinajstić information content (AvgIpc) is 2.53. The highest BCUT2D eigenvalue weighted by Gasteiger charge is 2.30. The van der Waals surface area contributed by atoms with Gasteiger partial charge in [-0.2, -0.15) is 13.2 Å². The van der Waals surface area contributed by atoms with Gasteiger partial charge in [0.15, 0.2) is 6.29 Å². The van der Waals surface area contributed by atoms with Crippen molar-refractivity contribution in [2.45, 2.75) is 6.18 Å². The second-order valence-corrected chi connectivity index (χ2v) is 4.82. The van der Waals surface area contributed by atoms with Crippen LogP contribution in [-0.2, 0) is 6.18 Å². The van der Waals surface area contributed by atoms with E-state index in [1.165, 1.54) is 12.1 Å². The molecular weight excluding hydrogens is 291 g/mol. The summed E-state index contributed by atoms with van der Waals surface area (Å²) in [6, 6.07) is 13.6. The molecule has 0 atom stereocenters. The number of fused-ring (bicyclic) bond motifs is 1. The van der Waals surface area contributed by atoms with Gasteiger partial charge >= 0.3 is 6.18 Å². The third-order valence-electron chi connectivity index (χ3n) is 3.34. The molecule has 0 aliphatic carbocycles. The first-order valence-electron chi connectivity index (χ1n) is 6.51. The quantitative estimate of drug-likeness (QED) is 0.640. The van der Waals surface area contributed by atoms with Crippen LogP contribution in [0.15, 0.2) is 54.6 Å². The van der Waals surface area contributed by atoms with E-state index in [0.29, 0.717) is 11.8 Å². The molecule has 22 heavy (non-hydrogen) atoms. The normalized spacial score (nSPS) is 11.6. The highest BCUT2D eigenvalue weighted by molar-refractivity contribution is 5.93. The zero-order valence-electron chi connectivity index (χ0n) is 11.3. The van der Waals surface area contributed by atoms with Crippen LogP contribution in [0, 0.1) is 0 Å². The Morgan fingerprint density at radius 1 is 0.955 bits per heavy atom. The summed E-state index contributed by atoms with van der Waals surface area (Å²) in [5, 5.41) is 0.764. The first-order chi connectivity index (χ1) is 10.5. The smallest absolute Gasteiger partial charge is 0.298 e. The number of halogens is 3. The Morgan fingerprint density at radius 3 is 2.45 bits per heavy atom. The van der Waals surface area contributed by atoms with Crippen molar-refractivity contribution in [3.63, 3.8) is 0 Å². The van der Waals surface area contributed by atoms with Gasteiger partial charge in [-0.1, -0.05) is 30.3 Å². The van der Waals surface area contributed by atoms with Gasteiger partial charge in [-0.15, -0.1) is 0 Å². The maximum absolute atomic E-state index is 12.8. The van der Waals surface area contributed by atoms with E-state index >= 15 is 0 Å². The summed E-state index contributed by atoms with van der Waals surface area (Å²) in [4.78, 5) is 15.6. The van der Waals surface area contributed by atoms with Crippen molar-refractivity contribution in [1.82, 2.24) is 4.98 Å². The van der Waals surface area contributed by atoms with Crippen molar-refractivity contribution in [2.24, 2.45) is 0 Å². The summed E-state index contributed by atoms with van der Waals surface area (Å²) in [5.41, 5.74) is 0.637. The number of benzene rings is 2. The number of nitrogens with zero attached hydrogens (tertiary/aromatic N) is 1. The summed E-state index contributed by atoms with van der Waals surface area (Å²) in [7, 11) is 0. The molecule has 0 N–H and O–H groups in total. The lowest BCUT2D eigenvalue weighted by Gasteiger charge is -2.10. The molecule has 2 nitrogen and oxygen atoms in total. The molecule has 5 heteroatoms. The Morgan fingerprint density at radius 2 is 1.73 bits per heavy atom. The Kier molecular flexibility index (Phi) is 3.41. The topological polar surface area (TPSA) is 30.0 Å². The van der Waals surface area contributed by atoms with Crippen LogP contribution in [-0.4, -0.2) is 11.3 Å². The van der Waals surface area contributed by atoms with Crippen LogP contribution >= 0.6 is 0 Å². The van der Waals surface area contributed by atoms with Gasteiger partial charge in [-0.05, 0) is 24.3 Å². The molecule has 0 aliphatic heterocycles. The van der Waals surface area contributed by atoms with Crippen molar-refractivity contribution in [1.29, 1.82) is 0 Å². The first-order valence-corrected chi connectivity index (χ1v) is 6.51.